The van der Waals surface area contributed by atoms with Crippen LogP contribution in [0.4, 0.5) is 5.82 Å². The zero-order chi connectivity index (χ0) is 23.0. The number of hydrogen-bond acceptors (Lipinski definition) is 6. The summed E-state index contributed by atoms with van der Waals surface area (Å²) in [7, 11) is 1.90. The first-order chi connectivity index (χ1) is 16.0. The molecule has 170 valence electrons. The maximum absolute atomic E-state index is 9.86. The molecule has 0 aliphatic carbocycles. The van der Waals surface area contributed by atoms with Gasteiger partial charge in [-0.1, -0.05) is 35.3 Å². The van der Waals surface area contributed by atoms with E-state index in [2.05, 4.69) is 20.2 Å². The molecule has 0 radical (unpaired) electrons. The molecule has 4 aromatic rings. The van der Waals surface area contributed by atoms with Crippen molar-refractivity contribution in [2.45, 2.75) is 18.4 Å². The highest BCUT2D eigenvalue weighted by Crippen LogP contribution is 2.35. The van der Waals surface area contributed by atoms with Crippen molar-refractivity contribution in [3.05, 3.63) is 64.9 Å². The van der Waals surface area contributed by atoms with Gasteiger partial charge in [-0.05, 0) is 56.3 Å². The number of imidazole rings is 1. The summed E-state index contributed by atoms with van der Waals surface area (Å²) < 4.78 is 1.99. The number of aromatic nitrogens is 4. The number of nitrogens with one attached hydrogen (secondary N) is 1. The molecule has 0 saturated carbocycles. The van der Waals surface area contributed by atoms with Gasteiger partial charge < -0.3 is 15.3 Å². The molecule has 1 fully saturated rings. The van der Waals surface area contributed by atoms with Crippen molar-refractivity contribution in [3.63, 3.8) is 0 Å². The zero-order valence-electron chi connectivity index (χ0n) is 18.2. The van der Waals surface area contributed by atoms with Crippen LogP contribution in [0, 0.1) is 0 Å². The van der Waals surface area contributed by atoms with Crippen LogP contribution in [-0.2, 0) is 0 Å². The van der Waals surface area contributed by atoms with Gasteiger partial charge in [-0.2, -0.15) is 0 Å². The first-order valence-electron chi connectivity index (χ1n) is 10.8. The van der Waals surface area contributed by atoms with Crippen molar-refractivity contribution >= 4 is 40.2 Å². The van der Waals surface area contributed by atoms with E-state index in [0.29, 0.717) is 27.0 Å². The number of benzene rings is 2. The third-order valence-corrected chi connectivity index (χ3v) is 7.06. The van der Waals surface area contributed by atoms with E-state index in [4.69, 9.17) is 28.2 Å². The Morgan fingerprint density at radius 1 is 1.03 bits per heavy atom. The predicted octanol–water partition coefficient (Wildman–Crippen LogP) is 4.34. The molecule has 2 aromatic heterocycles. The summed E-state index contributed by atoms with van der Waals surface area (Å²) in [6.45, 7) is 1.61. The lowest BCUT2D eigenvalue weighted by Crippen LogP contribution is -2.54. The minimum Gasteiger partial charge on any atom is -0.394 e. The number of halogens is 2. The van der Waals surface area contributed by atoms with Gasteiger partial charge in [0.1, 0.15) is 12.2 Å². The first kappa shape index (κ1) is 22.1. The van der Waals surface area contributed by atoms with Crippen molar-refractivity contribution < 1.29 is 5.11 Å². The number of rotatable bonds is 5. The topological polar surface area (TPSA) is 79.1 Å². The predicted molar refractivity (Wildman–Crippen MR) is 132 cm³/mol. The number of hydrogen-bond donors (Lipinski definition) is 2. The lowest BCUT2D eigenvalue weighted by Gasteiger charge is -2.41. The van der Waals surface area contributed by atoms with E-state index in [1.807, 2.05) is 60.1 Å². The molecule has 1 aliphatic heterocycles. The fourth-order valence-corrected chi connectivity index (χ4v) is 4.75. The minimum absolute atomic E-state index is 0.109. The first-order valence-corrected chi connectivity index (χ1v) is 11.6. The van der Waals surface area contributed by atoms with E-state index in [1.165, 1.54) is 0 Å². The molecule has 0 atom stereocenters. The maximum atomic E-state index is 9.86. The van der Waals surface area contributed by atoms with Crippen LogP contribution in [0.1, 0.15) is 12.8 Å². The molecule has 1 aliphatic rings. The molecule has 0 amide bonds. The van der Waals surface area contributed by atoms with Crippen molar-refractivity contribution in [2.24, 2.45) is 0 Å². The summed E-state index contributed by atoms with van der Waals surface area (Å²) in [5.74, 6) is 1.47. The SMILES string of the molecule is CNC1(CO)CCN(c2ncnc3c2nc(-c2ccccc2Cl)n3-c2ccc(Cl)cc2)CC1. The molecular formula is C24H24Cl2N6O. The maximum Gasteiger partial charge on any atom is 0.170 e. The summed E-state index contributed by atoms with van der Waals surface area (Å²) in [5, 5.41) is 14.4. The van der Waals surface area contributed by atoms with Crippen molar-refractivity contribution in [1.82, 2.24) is 24.8 Å². The molecule has 3 heterocycles. The Hall–Kier alpha value is -2.71. The minimum atomic E-state index is -0.256. The van der Waals surface area contributed by atoms with Crippen LogP contribution in [0.5, 0.6) is 0 Å². The summed E-state index contributed by atoms with van der Waals surface area (Å²) >= 11 is 12.7. The number of piperidine rings is 1. The van der Waals surface area contributed by atoms with Gasteiger partial charge in [-0.15, -0.1) is 0 Å². The smallest absolute Gasteiger partial charge is 0.170 e. The van der Waals surface area contributed by atoms with Gasteiger partial charge in [0.15, 0.2) is 17.0 Å². The van der Waals surface area contributed by atoms with Crippen LogP contribution in [0.2, 0.25) is 10.0 Å². The van der Waals surface area contributed by atoms with Crippen LogP contribution < -0.4 is 10.2 Å². The highest BCUT2D eigenvalue weighted by atomic mass is 35.5. The summed E-state index contributed by atoms with van der Waals surface area (Å²) in [4.78, 5) is 16.4. The van der Waals surface area contributed by atoms with E-state index in [9.17, 15) is 5.11 Å². The van der Waals surface area contributed by atoms with E-state index in [-0.39, 0.29) is 12.1 Å². The number of nitrogens with zero attached hydrogens (tertiary/aromatic N) is 5. The lowest BCUT2D eigenvalue weighted by molar-refractivity contribution is 0.142. The Balaban J connectivity index is 1.67. The number of likely N-dealkylation sites (N-methyl/N-ethyl adjacent to an activating group) is 1. The molecule has 9 heteroatoms. The Morgan fingerprint density at radius 3 is 2.42 bits per heavy atom. The van der Waals surface area contributed by atoms with E-state index in [1.54, 1.807) is 6.33 Å². The van der Waals surface area contributed by atoms with Crippen LogP contribution in [0.3, 0.4) is 0 Å². The molecule has 5 rings (SSSR count). The standard InChI is InChI=1S/C24H24Cl2N6O/c1-27-24(14-33)10-12-31(13-11-24)22-20-23(29-15-28-22)32(17-8-6-16(25)7-9-17)21(30-20)18-4-2-3-5-19(18)26/h2-9,15,27,33H,10-14H2,1H3. The Labute approximate surface area is 202 Å². The monoisotopic (exact) mass is 482 g/mol. The molecular weight excluding hydrogens is 459 g/mol. The summed E-state index contributed by atoms with van der Waals surface area (Å²) in [6, 6.07) is 15.2. The van der Waals surface area contributed by atoms with Crippen LogP contribution in [0.15, 0.2) is 54.9 Å². The second kappa shape index (κ2) is 8.91. The number of aliphatic hydroxyl groups excluding tert-OH is 1. The van der Waals surface area contributed by atoms with E-state index < -0.39 is 0 Å². The molecule has 2 N–H and O–H groups in total. The Bertz CT molecular complexity index is 1280. The van der Waals surface area contributed by atoms with Crippen molar-refractivity contribution in [2.75, 3.05) is 31.6 Å². The molecule has 0 spiro atoms. The zero-order valence-corrected chi connectivity index (χ0v) is 19.7. The Kier molecular flexibility index (Phi) is 5.97. The lowest BCUT2D eigenvalue weighted by atomic mass is 9.88. The molecule has 2 aromatic carbocycles. The largest absolute Gasteiger partial charge is 0.394 e. The molecule has 0 unspecified atom stereocenters. The number of fused-ring (bicyclic) bond motifs is 1. The summed E-state index contributed by atoms with van der Waals surface area (Å²) in [6.07, 6.45) is 3.19. The van der Waals surface area contributed by atoms with Crippen molar-refractivity contribution in [1.29, 1.82) is 0 Å². The van der Waals surface area contributed by atoms with Crippen molar-refractivity contribution in [3.8, 4) is 17.1 Å². The molecule has 1 saturated heterocycles. The quantitative estimate of drug-likeness (QED) is 0.440. The van der Waals surface area contributed by atoms with Gasteiger partial charge in [0.25, 0.3) is 0 Å². The van der Waals surface area contributed by atoms with Gasteiger partial charge in [-0.3, -0.25) is 4.57 Å². The number of aliphatic hydroxyl groups is 1. The highest BCUT2D eigenvalue weighted by Gasteiger charge is 2.34. The molecule has 0 bridgehead atoms. The fraction of sp³-hybridized carbons (Fsp3) is 0.292. The average Bonchev–Trinajstić information content (AvgIpc) is 3.24. The average molecular weight is 483 g/mol. The third kappa shape index (κ3) is 3.95. The van der Waals surface area contributed by atoms with Crippen LogP contribution in [0.25, 0.3) is 28.2 Å². The second-order valence-corrected chi connectivity index (χ2v) is 9.12. The van der Waals surface area contributed by atoms with Gasteiger partial charge in [0, 0.05) is 34.9 Å². The van der Waals surface area contributed by atoms with Gasteiger partial charge in [0.2, 0.25) is 0 Å². The third-order valence-electron chi connectivity index (χ3n) is 6.48. The molecule has 7 nitrogen and oxygen atoms in total. The second-order valence-electron chi connectivity index (χ2n) is 8.27. The summed E-state index contributed by atoms with van der Waals surface area (Å²) in [5.41, 5.74) is 2.85. The van der Waals surface area contributed by atoms with Crippen LogP contribution in [-0.4, -0.2) is 56.9 Å². The van der Waals surface area contributed by atoms with E-state index in [0.717, 1.165) is 43.0 Å². The number of anilines is 1. The van der Waals surface area contributed by atoms with Gasteiger partial charge in [-0.25, -0.2) is 15.0 Å². The fourth-order valence-electron chi connectivity index (χ4n) is 4.40. The van der Waals surface area contributed by atoms with E-state index >= 15 is 0 Å². The molecule has 33 heavy (non-hydrogen) atoms. The highest BCUT2D eigenvalue weighted by molar-refractivity contribution is 6.33. The Morgan fingerprint density at radius 2 is 1.76 bits per heavy atom. The van der Waals surface area contributed by atoms with Gasteiger partial charge >= 0.3 is 0 Å². The van der Waals surface area contributed by atoms with Gasteiger partial charge in [0.05, 0.1) is 11.6 Å². The normalized spacial score (nSPS) is 15.8. The van der Waals surface area contributed by atoms with Crippen LogP contribution >= 0.6 is 23.2 Å².